The lowest BCUT2D eigenvalue weighted by Gasteiger charge is -2.19. The van der Waals surface area contributed by atoms with Crippen LogP contribution in [-0.2, 0) is 6.67 Å². The molecule has 1 saturated heterocycles. The monoisotopic (exact) mass is 344 g/mol. The maximum atomic E-state index is 5.57. The summed E-state index contributed by atoms with van der Waals surface area (Å²) in [6.07, 6.45) is 2.48. The van der Waals surface area contributed by atoms with Crippen molar-refractivity contribution >= 4 is 23.6 Å². The first kappa shape index (κ1) is 14.7. The Labute approximate surface area is 143 Å². The fourth-order valence-electron chi connectivity index (χ4n) is 3.23. The standard InChI is InChI=1S/C16H17N5S2/c22-16-20(17-18-21(16)13-6-2-1-3-7-13)12-19-10-4-8-14(19)15-9-5-11-23-15/h1-3,5-7,9,11,14H,4,8,10,12H2/p+1/t14-/m1/s1. The van der Waals surface area contributed by atoms with E-state index in [1.165, 1.54) is 22.6 Å². The van der Waals surface area contributed by atoms with Gasteiger partial charge in [-0.25, -0.2) is 0 Å². The second-order valence-electron chi connectivity index (χ2n) is 5.78. The highest BCUT2D eigenvalue weighted by atomic mass is 32.1. The van der Waals surface area contributed by atoms with Crippen molar-refractivity contribution in [1.29, 1.82) is 0 Å². The predicted octanol–water partition coefficient (Wildman–Crippen LogP) is 2.24. The molecule has 118 valence electrons. The van der Waals surface area contributed by atoms with Crippen LogP contribution >= 0.6 is 23.6 Å². The molecule has 4 rings (SSSR count). The molecular weight excluding hydrogens is 326 g/mol. The van der Waals surface area contributed by atoms with Crippen LogP contribution in [0.15, 0.2) is 47.8 Å². The number of nitrogens with one attached hydrogen (secondary N) is 1. The summed E-state index contributed by atoms with van der Waals surface area (Å²) >= 11 is 7.41. The van der Waals surface area contributed by atoms with Gasteiger partial charge in [-0.3, -0.25) is 0 Å². The zero-order valence-corrected chi connectivity index (χ0v) is 14.3. The van der Waals surface area contributed by atoms with Crippen LogP contribution in [0.25, 0.3) is 5.69 Å². The average molecular weight is 344 g/mol. The van der Waals surface area contributed by atoms with Crippen molar-refractivity contribution in [2.45, 2.75) is 25.6 Å². The number of quaternary nitrogens is 1. The van der Waals surface area contributed by atoms with E-state index >= 15 is 0 Å². The maximum absolute atomic E-state index is 5.57. The van der Waals surface area contributed by atoms with E-state index in [1.807, 2.05) is 46.4 Å². The van der Waals surface area contributed by atoms with Crippen molar-refractivity contribution in [3.63, 3.8) is 0 Å². The molecule has 3 aromatic rings. The molecule has 5 nitrogen and oxygen atoms in total. The minimum atomic E-state index is 0.554. The first-order chi connectivity index (χ1) is 11.3. The van der Waals surface area contributed by atoms with Gasteiger partial charge in [0.15, 0.2) is 6.67 Å². The fourth-order valence-corrected chi connectivity index (χ4v) is 4.39. The minimum absolute atomic E-state index is 0.554. The Hall–Kier alpha value is -1.83. The van der Waals surface area contributed by atoms with Gasteiger partial charge in [-0.2, -0.15) is 9.36 Å². The average Bonchev–Trinajstić information content (AvgIpc) is 3.31. The molecule has 0 radical (unpaired) electrons. The molecule has 1 fully saturated rings. The van der Waals surface area contributed by atoms with Crippen molar-refractivity contribution in [1.82, 2.24) is 19.8 Å². The summed E-state index contributed by atoms with van der Waals surface area (Å²) in [4.78, 5) is 2.98. The molecule has 0 bridgehead atoms. The van der Waals surface area contributed by atoms with Crippen LogP contribution < -0.4 is 4.90 Å². The summed E-state index contributed by atoms with van der Waals surface area (Å²) in [6.45, 7) is 1.93. The lowest BCUT2D eigenvalue weighted by atomic mass is 10.2. The van der Waals surface area contributed by atoms with Crippen molar-refractivity contribution in [2.24, 2.45) is 0 Å². The number of para-hydroxylation sites is 1. The number of hydrogen-bond donors (Lipinski definition) is 1. The molecule has 1 unspecified atom stereocenters. The number of hydrogen-bond acceptors (Lipinski definition) is 4. The van der Waals surface area contributed by atoms with Crippen LogP contribution in [0.1, 0.15) is 23.8 Å². The Kier molecular flexibility index (Phi) is 4.07. The Balaban J connectivity index is 1.58. The van der Waals surface area contributed by atoms with Gasteiger partial charge in [0.25, 0.3) is 0 Å². The number of aromatic nitrogens is 4. The van der Waals surface area contributed by atoms with Gasteiger partial charge in [-0.05, 0) is 46.2 Å². The third kappa shape index (κ3) is 2.87. The molecule has 1 aromatic carbocycles. The van der Waals surface area contributed by atoms with Gasteiger partial charge in [0.1, 0.15) is 6.04 Å². The molecule has 0 saturated carbocycles. The van der Waals surface area contributed by atoms with Gasteiger partial charge in [0.05, 0.1) is 17.1 Å². The van der Waals surface area contributed by atoms with E-state index in [2.05, 4.69) is 27.9 Å². The van der Waals surface area contributed by atoms with E-state index in [0.717, 1.165) is 18.9 Å². The van der Waals surface area contributed by atoms with E-state index in [1.54, 1.807) is 4.68 Å². The smallest absolute Gasteiger partial charge is 0.225 e. The van der Waals surface area contributed by atoms with Crippen molar-refractivity contribution in [3.05, 3.63) is 57.5 Å². The first-order valence-corrected chi connectivity index (χ1v) is 9.08. The normalized spacial score (nSPS) is 20.9. The zero-order valence-electron chi connectivity index (χ0n) is 12.6. The van der Waals surface area contributed by atoms with Gasteiger partial charge >= 0.3 is 0 Å². The number of benzene rings is 1. The van der Waals surface area contributed by atoms with Crippen LogP contribution in [0.5, 0.6) is 0 Å². The molecule has 0 aliphatic carbocycles. The van der Waals surface area contributed by atoms with E-state index < -0.39 is 0 Å². The fraction of sp³-hybridized carbons (Fsp3) is 0.312. The molecule has 23 heavy (non-hydrogen) atoms. The van der Waals surface area contributed by atoms with Crippen LogP contribution in [0.3, 0.4) is 0 Å². The van der Waals surface area contributed by atoms with E-state index in [4.69, 9.17) is 12.2 Å². The number of thiophene rings is 1. The van der Waals surface area contributed by atoms with Crippen molar-refractivity contribution in [2.75, 3.05) is 6.54 Å². The van der Waals surface area contributed by atoms with Gasteiger partial charge in [-0.1, -0.05) is 24.3 Å². The summed E-state index contributed by atoms with van der Waals surface area (Å²) in [7, 11) is 0. The second kappa shape index (κ2) is 6.35. The van der Waals surface area contributed by atoms with Gasteiger partial charge in [-0.15, -0.1) is 11.3 Å². The molecule has 0 spiro atoms. The summed E-state index contributed by atoms with van der Waals surface area (Å²) in [6, 6.07) is 14.9. The Morgan fingerprint density at radius 3 is 2.83 bits per heavy atom. The number of tetrazole rings is 1. The lowest BCUT2D eigenvalue weighted by molar-refractivity contribution is -0.941. The molecule has 2 aromatic heterocycles. The lowest BCUT2D eigenvalue weighted by Crippen LogP contribution is -3.09. The zero-order chi connectivity index (χ0) is 15.6. The summed E-state index contributed by atoms with van der Waals surface area (Å²) in [5.74, 6) is 0. The molecule has 2 atom stereocenters. The topological polar surface area (TPSA) is 40.1 Å². The van der Waals surface area contributed by atoms with Crippen LogP contribution in [0.2, 0.25) is 0 Å². The number of nitrogens with zero attached hydrogens (tertiary/aromatic N) is 4. The third-order valence-electron chi connectivity index (χ3n) is 4.36. The van der Waals surface area contributed by atoms with Gasteiger partial charge < -0.3 is 4.90 Å². The van der Waals surface area contributed by atoms with Crippen molar-refractivity contribution in [3.8, 4) is 5.69 Å². The van der Waals surface area contributed by atoms with Crippen LogP contribution in [0.4, 0.5) is 0 Å². The van der Waals surface area contributed by atoms with Gasteiger partial charge in [0, 0.05) is 12.8 Å². The highest BCUT2D eigenvalue weighted by Crippen LogP contribution is 2.23. The molecule has 1 aliphatic heterocycles. The Morgan fingerprint density at radius 2 is 2.04 bits per heavy atom. The second-order valence-corrected chi connectivity index (χ2v) is 7.13. The van der Waals surface area contributed by atoms with Gasteiger partial charge in [0.2, 0.25) is 4.77 Å². The largest absolute Gasteiger partial charge is 0.309 e. The first-order valence-electron chi connectivity index (χ1n) is 7.79. The van der Waals surface area contributed by atoms with Crippen LogP contribution in [-0.4, -0.2) is 26.3 Å². The Bertz CT molecular complexity index is 822. The van der Waals surface area contributed by atoms with E-state index in [9.17, 15) is 0 Å². The highest BCUT2D eigenvalue weighted by molar-refractivity contribution is 7.71. The van der Waals surface area contributed by atoms with Crippen molar-refractivity contribution < 1.29 is 4.90 Å². The third-order valence-corrected chi connectivity index (χ3v) is 5.73. The summed E-state index contributed by atoms with van der Waals surface area (Å²) in [5, 5.41) is 10.7. The molecular formula is C16H18N5S2+. The molecule has 1 aliphatic rings. The molecule has 3 heterocycles. The summed E-state index contributed by atoms with van der Waals surface area (Å²) in [5.41, 5.74) is 0.954. The summed E-state index contributed by atoms with van der Waals surface area (Å²) < 4.78 is 4.23. The van der Waals surface area contributed by atoms with E-state index in [0.29, 0.717) is 10.8 Å². The number of rotatable bonds is 4. The quantitative estimate of drug-likeness (QED) is 0.738. The Morgan fingerprint density at radius 1 is 1.17 bits per heavy atom. The molecule has 0 amide bonds. The molecule has 1 N–H and O–H groups in total. The maximum Gasteiger partial charge on any atom is 0.225 e. The minimum Gasteiger partial charge on any atom is -0.309 e. The predicted molar refractivity (Wildman–Crippen MR) is 92.3 cm³/mol. The highest BCUT2D eigenvalue weighted by Gasteiger charge is 2.31. The van der Waals surface area contributed by atoms with E-state index in [-0.39, 0.29) is 0 Å². The SMILES string of the molecule is S=c1n(C[NH+]2CCC[C@@H]2c2cccs2)nnn1-c1ccccc1. The molecule has 7 heteroatoms. The number of likely N-dealkylation sites (tertiary alicyclic amines) is 1. The van der Waals surface area contributed by atoms with Crippen LogP contribution in [0, 0.1) is 4.77 Å².